The van der Waals surface area contributed by atoms with Gasteiger partial charge in [-0.25, -0.2) is 4.98 Å². The van der Waals surface area contributed by atoms with Gasteiger partial charge >= 0.3 is 5.97 Å². The van der Waals surface area contributed by atoms with Crippen molar-refractivity contribution in [3.05, 3.63) is 62.5 Å². The number of benzene rings is 1. The van der Waals surface area contributed by atoms with Gasteiger partial charge in [0.25, 0.3) is 5.56 Å². The first-order valence-electron chi connectivity index (χ1n) is 9.70. The topological polar surface area (TPSA) is 64.4 Å². The number of aromatic nitrogens is 2. The van der Waals surface area contributed by atoms with Crippen molar-refractivity contribution in [1.82, 2.24) is 14.5 Å². The highest BCUT2D eigenvalue weighted by molar-refractivity contribution is 7.18. The van der Waals surface area contributed by atoms with Crippen molar-refractivity contribution in [2.75, 3.05) is 20.7 Å². The van der Waals surface area contributed by atoms with E-state index in [1.54, 1.807) is 0 Å². The van der Waals surface area contributed by atoms with Gasteiger partial charge in [0.05, 0.1) is 18.5 Å². The molecule has 2 heterocycles. The second kappa shape index (κ2) is 9.33. The first kappa shape index (κ1) is 21.2. The highest BCUT2D eigenvalue weighted by Gasteiger charge is 2.19. The average molecular weight is 414 g/mol. The van der Waals surface area contributed by atoms with Gasteiger partial charge in [0.15, 0.2) is 0 Å². The molecule has 0 bridgehead atoms. The van der Waals surface area contributed by atoms with Gasteiger partial charge in [0.2, 0.25) is 0 Å². The third kappa shape index (κ3) is 5.10. The van der Waals surface area contributed by atoms with E-state index in [2.05, 4.69) is 17.1 Å². The molecule has 1 aromatic carbocycles. The van der Waals surface area contributed by atoms with Crippen LogP contribution in [0, 0.1) is 13.8 Å². The molecular formula is C22H27N3O3S. The minimum atomic E-state index is -0.411. The third-order valence-electron chi connectivity index (χ3n) is 4.83. The molecule has 0 N–H and O–H groups in total. The molecule has 154 valence electrons. The molecule has 0 spiro atoms. The van der Waals surface area contributed by atoms with E-state index >= 15 is 0 Å². The molecule has 0 amide bonds. The number of carbonyl (C=O) groups is 1. The van der Waals surface area contributed by atoms with Crippen molar-refractivity contribution in [2.45, 2.75) is 39.8 Å². The summed E-state index contributed by atoms with van der Waals surface area (Å²) < 4.78 is 6.85. The molecule has 3 rings (SSSR count). The van der Waals surface area contributed by atoms with Crippen molar-refractivity contribution < 1.29 is 9.53 Å². The van der Waals surface area contributed by atoms with Crippen molar-refractivity contribution in [2.24, 2.45) is 0 Å². The van der Waals surface area contributed by atoms with E-state index in [1.807, 2.05) is 51.0 Å². The molecule has 0 atom stereocenters. The Morgan fingerprint density at radius 1 is 1.21 bits per heavy atom. The third-order valence-corrected chi connectivity index (χ3v) is 5.93. The average Bonchev–Trinajstić information content (AvgIpc) is 2.96. The zero-order valence-electron chi connectivity index (χ0n) is 17.4. The number of fused-ring (bicyclic) bond motifs is 1. The van der Waals surface area contributed by atoms with Crippen molar-refractivity contribution in [1.29, 1.82) is 0 Å². The number of nitrogens with zero attached hydrogens (tertiary/aromatic N) is 3. The Bertz CT molecular complexity index is 1050. The summed E-state index contributed by atoms with van der Waals surface area (Å²) in [5, 5.41) is 0.604. The fourth-order valence-electron chi connectivity index (χ4n) is 3.22. The highest BCUT2D eigenvalue weighted by atomic mass is 32.1. The van der Waals surface area contributed by atoms with E-state index in [1.165, 1.54) is 21.5 Å². The van der Waals surface area contributed by atoms with E-state index in [4.69, 9.17) is 4.74 Å². The molecule has 0 radical (unpaired) electrons. The molecule has 7 heteroatoms. The summed E-state index contributed by atoms with van der Waals surface area (Å²) in [6.07, 6.45) is 1.59. The fraction of sp³-hybridized carbons (Fsp3) is 0.409. The summed E-state index contributed by atoms with van der Waals surface area (Å²) in [5.41, 5.74) is 1.98. The van der Waals surface area contributed by atoms with Crippen LogP contribution in [0.1, 0.15) is 28.2 Å². The Balaban J connectivity index is 1.73. The Labute approximate surface area is 174 Å². The number of rotatable bonds is 8. The fourth-order valence-corrected chi connectivity index (χ4v) is 4.26. The number of hydrogen-bond acceptors (Lipinski definition) is 6. The number of esters is 1. The summed E-state index contributed by atoms with van der Waals surface area (Å²) in [6.45, 7) is 4.60. The zero-order valence-corrected chi connectivity index (χ0v) is 18.2. The van der Waals surface area contributed by atoms with Gasteiger partial charge in [-0.2, -0.15) is 0 Å². The lowest BCUT2D eigenvalue weighted by molar-refractivity contribution is -0.144. The molecule has 0 aliphatic carbocycles. The predicted octanol–water partition coefficient (Wildman–Crippen LogP) is 3.31. The first-order valence-corrected chi connectivity index (χ1v) is 10.5. The number of aryl methyl sites for hydroxylation is 3. The lowest BCUT2D eigenvalue weighted by Crippen LogP contribution is -2.31. The van der Waals surface area contributed by atoms with Gasteiger partial charge in [-0.05, 0) is 51.9 Å². The van der Waals surface area contributed by atoms with Crippen LogP contribution in [0.4, 0.5) is 0 Å². The number of carbonyl (C=O) groups excluding carboxylic acids is 1. The first-order chi connectivity index (χ1) is 13.9. The quantitative estimate of drug-likeness (QED) is 0.419. The Hall–Kier alpha value is -2.51. The van der Waals surface area contributed by atoms with E-state index in [0.29, 0.717) is 24.4 Å². The molecular weight excluding hydrogens is 386 g/mol. The monoisotopic (exact) mass is 413 g/mol. The van der Waals surface area contributed by atoms with Crippen LogP contribution in [0.3, 0.4) is 0 Å². The molecule has 0 saturated heterocycles. The van der Waals surface area contributed by atoms with E-state index in [-0.39, 0.29) is 12.1 Å². The summed E-state index contributed by atoms with van der Waals surface area (Å²) in [4.78, 5) is 34.0. The molecule has 0 aliphatic heterocycles. The van der Waals surface area contributed by atoms with E-state index < -0.39 is 5.97 Å². The smallest absolute Gasteiger partial charge is 0.326 e. The van der Waals surface area contributed by atoms with Gasteiger partial charge in [-0.15, -0.1) is 11.3 Å². The van der Waals surface area contributed by atoms with Gasteiger partial charge in [0, 0.05) is 4.88 Å². The van der Waals surface area contributed by atoms with Crippen molar-refractivity contribution in [3.63, 3.8) is 0 Å². The molecule has 2 aromatic heterocycles. The largest absolute Gasteiger partial charge is 0.464 e. The lowest BCUT2D eigenvalue weighted by Gasteiger charge is -2.15. The number of thiophene rings is 1. The van der Waals surface area contributed by atoms with Crippen molar-refractivity contribution in [3.8, 4) is 0 Å². The predicted molar refractivity (Wildman–Crippen MR) is 116 cm³/mol. The normalized spacial score (nSPS) is 11.3. The SMILES string of the molecule is Cc1sc2nc(CN(C)C)n(CC(=O)OCCCc3ccccc3)c(=O)c2c1C. The van der Waals surface area contributed by atoms with Crippen LogP contribution in [-0.2, 0) is 29.0 Å². The van der Waals surface area contributed by atoms with Crippen LogP contribution >= 0.6 is 11.3 Å². The van der Waals surface area contributed by atoms with Crippen LogP contribution in [-0.4, -0.2) is 41.1 Å². The van der Waals surface area contributed by atoms with Gasteiger partial charge in [0.1, 0.15) is 17.2 Å². The maximum absolute atomic E-state index is 13.1. The van der Waals surface area contributed by atoms with Crippen LogP contribution < -0.4 is 5.56 Å². The standard InChI is InChI=1S/C22H27N3O3S/c1-15-16(2)29-21-20(15)22(27)25(18(23-21)13-24(3)4)14-19(26)28-12-8-11-17-9-6-5-7-10-17/h5-7,9-10H,8,11-14H2,1-4H3. The lowest BCUT2D eigenvalue weighted by atomic mass is 10.1. The van der Waals surface area contributed by atoms with Gasteiger partial charge < -0.3 is 9.64 Å². The Morgan fingerprint density at radius 2 is 1.93 bits per heavy atom. The molecule has 0 fully saturated rings. The number of hydrogen-bond donors (Lipinski definition) is 0. The molecule has 3 aromatic rings. The molecule has 0 saturated carbocycles. The minimum Gasteiger partial charge on any atom is -0.464 e. The summed E-state index contributed by atoms with van der Waals surface area (Å²) >= 11 is 1.52. The second-order valence-corrected chi connectivity index (χ2v) is 8.63. The molecule has 0 unspecified atom stereocenters. The maximum Gasteiger partial charge on any atom is 0.326 e. The van der Waals surface area contributed by atoms with E-state index in [9.17, 15) is 9.59 Å². The van der Waals surface area contributed by atoms with Crippen LogP contribution in [0.2, 0.25) is 0 Å². The maximum atomic E-state index is 13.1. The Morgan fingerprint density at radius 3 is 2.62 bits per heavy atom. The van der Waals surface area contributed by atoms with Gasteiger partial charge in [-0.3, -0.25) is 14.2 Å². The summed E-state index contributed by atoms with van der Waals surface area (Å²) in [6, 6.07) is 10.1. The Kier molecular flexibility index (Phi) is 6.82. The highest BCUT2D eigenvalue weighted by Crippen LogP contribution is 2.26. The van der Waals surface area contributed by atoms with Crippen molar-refractivity contribution >= 4 is 27.5 Å². The molecule has 29 heavy (non-hydrogen) atoms. The van der Waals surface area contributed by atoms with Crippen LogP contribution in [0.5, 0.6) is 0 Å². The summed E-state index contributed by atoms with van der Waals surface area (Å²) in [7, 11) is 3.82. The zero-order chi connectivity index (χ0) is 21.0. The summed E-state index contributed by atoms with van der Waals surface area (Å²) in [5.74, 6) is 0.168. The van der Waals surface area contributed by atoms with Crippen LogP contribution in [0.15, 0.2) is 35.1 Å². The number of ether oxygens (including phenoxy) is 1. The minimum absolute atomic E-state index is 0.120. The molecule has 6 nitrogen and oxygen atoms in total. The van der Waals surface area contributed by atoms with E-state index in [0.717, 1.165) is 28.1 Å². The van der Waals surface area contributed by atoms with Crippen LogP contribution in [0.25, 0.3) is 10.2 Å². The van der Waals surface area contributed by atoms with Gasteiger partial charge in [-0.1, -0.05) is 30.3 Å². The second-order valence-electron chi connectivity index (χ2n) is 7.43. The molecule has 0 aliphatic rings.